The predicted molar refractivity (Wildman–Crippen MR) is 117 cm³/mol. The minimum Gasteiger partial charge on any atom is -0.443 e. The van der Waals surface area contributed by atoms with E-state index in [1.807, 2.05) is 26.2 Å². The number of ether oxygens (including phenoxy) is 1. The Morgan fingerprint density at radius 1 is 1.36 bits per heavy atom. The first kappa shape index (κ1) is 21.3. The number of nitrogens with zero attached hydrogens (tertiary/aromatic N) is 3. The second kappa shape index (κ2) is 8.51. The summed E-state index contributed by atoms with van der Waals surface area (Å²) in [4.78, 5) is 24.1. The van der Waals surface area contributed by atoms with E-state index in [1.54, 1.807) is 12.3 Å². The van der Waals surface area contributed by atoms with Crippen molar-refractivity contribution < 1.29 is 9.53 Å². The van der Waals surface area contributed by atoms with E-state index < -0.39 is 11.7 Å². The van der Waals surface area contributed by atoms with Gasteiger partial charge in [-0.3, -0.25) is 4.90 Å². The molecule has 3 aromatic rings. The number of thiazole rings is 1. The molecule has 0 aliphatic carbocycles. The van der Waals surface area contributed by atoms with Crippen molar-refractivity contribution in [3.8, 4) is 0 Å². The highest BCUT2D eigenvalue weighted by Gasteiger charge is 2.28. The van der Waals surface area contributed by atoms with Crippen molar-refractivity contribution in [1.29, 1.82) is 0 Å². The van der Waals surface area contributed by atoms with Gasteiger partial charge < -0.3 is 10.5 Å². The van der Waals surface area contributed by atoms with E-state index >= 15 is 0 Å². The van der Waals surface area contributed by atoms with Crippen LogP contribution in [0, 0.1) is 0 Å². The van der Waals surface area contributed by atoms with E-state index in [1.165, 1.54) is 27.6 Å². The van der Waals surface area contributed by atoms with E-state index in [0.29, 0.717) is 29.2 Å². The molecule has 0 unspecified atom stereocenters. The van der Waals surface area contributed by atoms with Gasteiger partial charge in [0.1, 0.15) is 21.3 Å². The van der Waals surface area contributed by atoms with Gasteiger partial charge in [-0.1, -0.05) is 23.2 Å². The number of anilines is 1. The first-order chi connectivity index (χ1) is 13.2. The molecule has 3 aromatic heterocycles. The summed E-state index contributed by atoms with van der Waals surface area (Å²) in [6.45, 7) is 6.18. The molecular weight excluding hydrogens is 439 g/mol. The quantitative estimate of drug-likeness (QED) is 0.510. The Labute approximate surface area is 181 Å². The molecule has 0 spiro atoms. The fourth-order valence-corrected chi connectivity index (χ4v) is 4.93. The Balaban J connectivity index is 2.14. The summed E-state index contributed by atoms with van der Waals surface area (Å²) in [5.41, 5.74) is 6.20. The van der Waals surface area contributed by atoms with Crippen molar-refractivity contribution in [2.75, 3.05) is 11.4 Å². The second-order valence-corrected chi connectivity index (χ2v) is 9.86. The Hall–Kier alpha value is -1.45. The van der Waals surface area contributed by atoms with E-state index in [-0.39, 0.29) is 11.7 Å². The lowest BCUT2D eigenvalue weighted by Crippen LogP contribution is -2.36. The zero-order chi connectivity index (χ0) is 20.5. The average Bonchev–Trinajstić information content (AvgIpc) is 3.20. The lowest BCUT2D eigenvalue weighted by molar-refractivity contribution is 0.0578. The molecule has 3 rings (SSSR count). The number of amides is 1. The Morgan fingerprint density at radius 3 is 2.71 bits per heavy atom. The third-order valence-corrected chi connectivity index (χ3v) is 6.39. The van der Waals surface area contributed by atoms with Crippen LogP contribution in [0.15, 0.2) is 17.6 Å². The molecule has 0 radical (unpaired) electrons. The van der Waals surface area contributed by atoms with Crippen molar-refractivity contribution in [3.05, 3.63) is 37.7 Å². The molecule has 3 heterocycles. The smallest absolute Gasteiger partial charge is 0.415 e. The highest BCUT2D eigenvalue weighted by atomic mass is 35.5. The summed E-state index contributed by atoms with van der Waals surface area (Å²) < 4.78 is 6.39. The van der Waals surface area contributed by atoms with Crippen LogP contribution in [0.25, 0.3) is 10.2 Å². The van der Waals surface area contributed by atoms with E-state index in [0.717, 1.165) is 14.6 Å². The van der Waals surface area contributed by atoms with Gasteiger partial charge in [0.15, 0.2) is 0 Å². The third-order valence-electron chi connectivity index (χ3n) is 3.65. The molecule has 0 fully saturated rings. The van der Waals surface area contributed by atoms with Crippen molar-refractivity contribution in [2.24, 2.45) is 5.73 Å². The fourth-order valence-electron chi connectivity index (χ4n) is 2.56. The number of halogens is 2. The monoisotopic (exact) mass is 458 g/mol. The zero-order valence-corrected chi connectivity index (χ0v) is 18.8. The minimum atomic E-state index is -0.647. The number of carbonyl (C=O) groups is 1. The highest BCUT2D eigenvalue weighted by Crippen LogP contribution is 2.41. The number of rotatable bonds is 5. The van der Waals surface area contributed by atoms with Crippen molar-refractivity contribution in [3.63, 3.8) is 0 Å². The van der Waals surface area contributed by atoms with Crippen LogP contribution in [-0.2, 0) is 17.7 Å². The molecule has 0 saturated carbocycles. The van der Waals surface area contributed by atoms with Crippen LogP contribution in [-0.4, -0.2) is 28.2 Å². The molecule has 0 atom stereocenters. The molecule has 10 heteroatoms. The first-order valence-corrected chi connectivity index (χ1v) is 11.0. The van der Waals surface area contributed by atoms with Crippen LogP contribution in [0.4, 0.5) is 10.5 Å². The summed E-state index contributed by atoms with van der Waals surface area (Å²) in [6, 6.07) is 1.65. The van der Waals surface area contributed by atoms with Crippen LogP contribution in [0.1, 0.15) is 30.7 Å². The van der Waals surface area contributed by atoms with Crippen molar-refractivity contribution in [2.45, 2.75) is 39.3 Å². The van der Waals surface area contributed by atoms with E-state index in [9.17, 15) is 4.79 Å². The molecule has 6 nitrogen and oxygen atoms in total. The van der Waals surface area contributed by atoms with Gasteiger partial charge in [-0.15, -0.1) is 22.7 Å². The molecule has 2 N–H and O–H groups in total. The summed E-state index contributed by atoms with van der Waals surface area (Å²) in [7, 11) is 0. The zero-order valence-electron chi connectivity index (χ0n) is 15.7. The minimum absolute atomic E-state index is 0.245. The van der Waals surface area contributed by atoms with Crippen molar-refractivity contribution in [1.82, 2.24) is 9.97 Å². The lowest BCUT2D eigenvalue weighted by Gasteiger charge is -2.27. The molecule has 0 aliphatic heterocycles. The summed E-state index contributed by atoms with van der Waals surface area (Å²) in [5.74, 6) is 0. The first-order valence-electron chi connectivity index (χ1n) is 8.56. The number of nitrogens with two attached hydrogens (primary N) is 1. The maximum Gasteiger partial charge on any atom is 0.415 e. The second-order valence-electron chi connectivity index (χ2n) is 7.01. The number of fused-ring (bicyclic) bond motifs is 1. The Bertz CT molecular complexity index is 984. The maximum absolute atomic E-state index is 13.0. The number of hydrogen-bond acceptors (Lipinski definition) is 7. The topological polar surface area (TPSA) is 81.3 Å². The largest absolute Gasteiger partial charge is 0.443 e. The molecule has 28 heavy (non-hydrogen) atoms. The van der Waals surface area contributed by atoms with E-state index in [4.69, 9.17) is 33.7 Å². The standard InChI is InChI=1S/C18H20Cl2N4O2S2/c1-18(2,3)26-17(25)24(9-13-22-6-7-27-13)10-8-12(19)23-15-14(20)11(4-5-21)28-16(10)15/h6-8H,4-5,9,21H2,1-3H3. The summed E-state index contributed by atoms with van der Waals surface area (Å²) in [6.07, 6.45) is 1.83. The number of pyridine rings is 1. The molecule has 150 valence electrons. The lowest BCUT2D eigenvalue weighted by atomic mass is 10.2. The van der Waals surface area contributed by atoms with Gasteiger partial charge in [0.05, 0.1) is 22.0 Å². The normalized spacial score (nSPS) is 11.8. The number of thiophene rings is 1. The third kappa shape index (κ3) is 4.75. The van der Waals surface area contributed by atoms with Crippen LogP contribution in [0.5, 0.6) is 0 Å². The number of hydrogen-bond donors (Lipinski definition) is 1. The Kier molecular flexibility index (Phi) is 6.46. The van der Waals surface area contributed by atoms with Crippen LogP contribution in [0.2, 0.25) is 10.2 Å². The molecule has 0 aliphatic rings. The summed E-state index contributed by atoms with van der Waals surface area (Å²) in [5, 5.41) is 3.40. The number of carbonyl (C=O) groups excluding carboxylic acids is 1. The van der Waals surface area contributed by atoms with Gasteiger partial charge >= 0.3 is 6.09 Å². The van der Waals surface area contributed by atoms with Gasteiger partial charge in [-0.25, -0.2) is 14.8 Å². The maximum atomic E-state index is 13.0. The van der Waals surface area contributed by atoms with Crippen LogP contribution in [0.3, 0.4) is 0 Å². The van der Waals surface area contributed by atoms with Crippen LogP contribution >= 0.6 is 45.9 Å². The number of aromatic nitrogens is 2. The van der Waals surface area contributed by atoms with Gasteiger partial charge in [-0.05, 0) is 33.7 Å². The van der Waals surface area contributed by atoms with Crippen LogP contribution < -0.4 is 10.6 Å². The fraction of sp³-hybridized carbons (Fsp3) is 0.389. The highest BCUT2D eigenvalue weighted by molar-refractivity contribution is 7.20. The summed E-state index contributed by atoms with van der Waals surface area (Å²) >= 11 is 15.7. The van der Waals surface area contributed by atoms with Crippen molar-refractivity contribution >= 4 is 67.9 Å². The Morgan fingerprint density at radius 2 is 2.11 bits per heavy atom. The molecule has 1 amide bonds. The van der Waals surface area contributed by atoms with E-state index in [2.05, 4.69) is 9.97 Å². The SMILES string of the molecule is CC(C)(C)OC(=O)N(Cc1nccs1)c1cc(Cl)nc2c(Cl)c(CCN)sc12. The molecular formula is C18H20Cl2N4O2S2. The molecule has 0 saturated heterocycles. The van der Waals surface area contributed by atoms with Gasteiger partial charge in [0.25, 0.3) is 0 Å². The molecule has 0 bridgehead atoms. The van der Waals surface area contributed by atoms with Gasteiger partial charge in [0.2, 0.25) is 0 Å². The van der Waals surface area contributed by atoms with Gasteiger partial charge in [-0.2, -0.15) is 0 Å². The predicted octanol–water partition coefficient (Wildman–Crippen LogP) is 5.50. The molecule has 0 aromatic carbocycles. The van der Waals surface area contributed by atoms with Gasteiger partial charge in [0, 0.05) is 22.5 Å². The average molecular weight is 459 g/mol.